The summed E-state index contributed by atoms with van der Waals surface area (Å²) in [6.45, 7) is 5.11. The van der Waals surface area contributed by atoms with Crippen molar-refractivity contribution in [3.05, 3.63) is 47.8 Å². The third kappa shape index (κ3) is 3.58. The number of imidazole rings is 1. The highest BCUT2D eigenvalue weighted by molar-refractivity contribution is 5.75. The Bertz CT molecular complexity index is 852. The van der Waals surface area contributed by atoms with Gasteiger partial charge in [-0.15, -0.1) is 0 Å². The first-order valence-electron chi connectivity index (χ1n) is 9.07. The predicted octanol–water partition coefficient (Wildman–Crippen LogP) is 3.82. The Balaban J connectivity index is 1.46. The highest BCUT2D eigenvalue weighted by atomic mass is 19.1. The molecule has 0 saturated carbocycles. The van der Waals surface area contributed by atoms with E-state index in [0.29, 0.717) is 6.04 Å². The van der Waals surface area contributed by atoms with E-state index in [1.807, 2.05) is 10.9 Å². The number of aromatic nitrogens is 4. The molecule has 25 heavy (non-hydrogen) atoms. The van der Waals surface area contributed by atoms with E-state index in [2.05, 4.69) is 28.1 Å². The second-order valence-corrected chi connectivity index (χ2v) is 6.97. The van der Waals surface area contributed by atoms with Crippen molar-refractivity contribution in [2.75, 3.05) is 13.1 Å². The number of hydrogen-bond acceptors (Lipinski definition) is 3. The second kappa shape index (κ2) is 6.96. The van der Waals surface area contributed by atoms with E-state index in [4.69, 9.17) is 4.98 Å². The molecule has 1 fully saturated rings. The molecule has 3 aromatic rings. The van der Waals surface area contributed by atoms with Gasteiger partial charge in [0.25, 0.3) is 0 Å². The lowest BCUT2D eigenvalue weighted by molar-refractivity contribution is 0.139. The van der Waals surface area contributed by atoms with Crippen molar-refractivity contribution in [2.45, 2.75) is 45.2 Å². The van der Waals surface area contributed by atoms with Crippen molar-refractivity contribution in [3.8, 4) is 0 Å². The van der Waals surface area contributed by atoms with E-state index < -0.39 is 0 Å². The zero-order valence-electron chi connectivity index (χ0n) is 14.6. The molecule has 132 valence electrons. The third-order valence-electron chi connectivity index (χ3n) is 4.99. The van der Waals surface area contributed by atoms with E-state index in [0.717, 1.165) is 49.3 Å². The van der Waals surface area contributed by atoms with E-state index in [-0.39, 0.29) is 5.82 Å². The van der Waals surface area contributed by atoms with Gasteiger partial charge in [0.1, 0.15) is 11.6 Å². The molecule has 1 aromatic carbocycles. The zero-order valence-corrected chi connectivity index (χ0v) is 14.6. The largest absolute Gasteiger partial charge is 0.341 e. The third-order valence-corrected chi connectivity index (χ3v) is 4.99. The molecule has 4 rings (SSSR count). The molecule has 1 N–H and O–H groups in total. The smallest absolute Gasteiger partial charge is 0.125 e. The number of rotatable bonds is 5. The molecule has 0 bridgehead atoms. The van der Waals surface area contributed by atoms with E-state index in [1.165, 1.54) is 30.5 Å². The van der Waals surface area contributed by atoms with Crippen LogP contribution in [0.25, 0.3) is 11.0 Å². The number of benzene rings is 1. The molecular formula is C19H24FN5. The van der Waals surface area contributed by atoms with Gasteiger partial charge in [-0.1, -0.05) is 6.42 Å². The van der Waals surface area contributed by atoms with Crippen molar-refractivity contribution >= 4 is 11.0 Å². The molecule has 2 aromatic heterocycles. The summed E-state index contributed by atoms with van der Waals surface area (Å²) >= 11 is 0. The standard InChI is InChI=1S/C19H24FN5/c1-14-12-21-25(13-14)10-4-9-24-8-3-2-5-18(24)19-22-16-7-6-15(20)11-17(16)23-19/h6-7,11-13,18H,2-5,8-10H2,1H3,(H,22,23)/t18-/m0/s1. The summed E-state index contributed by atoms with van der Waals surface area (Å²) in [6.07, 6.45) is 8.59. The summed E-state index contributed by atoms with van der Waals surface area (Å²) in [5.41, 5.74) is 2.83. The molecule has 0 aliphatic carbocycles. The Morgan fingerprint density at radius 1 is 1.28 bits per heavy atom. The van der Waals surface area contributed by atoms with Gasteiger partial charge in [0.15, 0.2) is 0 Å². The van der Waals surface area contributed by atoms with Gasteiger partial charge < -0.3 is 4.98 Å². The molecule has 0 spiro atoms. The highest BCUT2D eigenvalue weighted by Gasteiger charge is 2.26. The Hall–Kier alpha value is -2.21. The minimum Gasteiger partial charge on any atom is -0.341 e. The number of nitrogens with one attached hydrogen (secondary N) is 1. The van der Waals surface area contributed by atoms with Gasteiger partial charge in [0, 0.05) is 19.3 Å². The Labute approximate surface area is 146 Å². The summed E-state index contributed by atoms with van der Waals surface area (Å²) in [7, 11) is 0. The number of aromatic amines is 1. The van der Waals surface area contributed by atoms with Gasteiger partial charge in [-0.2, -0.15) is 5.10 Å². The lowest BCUT2D eigenvalue weighted by Gasteiger charge is -2.34. The number of fused-ring (bicyclic) bond motifs is 1. The molecule has 3 heterocycles. The van der Waals surface area contributed by atoms with Gasteiger partial charge in [0.05, 0.1) is 23.3 Å². The van der Waals surface area contributed by atoms with Crippen molar-refractivity contribution < 1.29 is 4.39 Å². The van der Waals surface area contributed by atoms with Gasteiger partial charge in [0.2, 0.25) is 0 Å². The number of likely N-dealkylation sites (tertiary alicyclic amines) is 1. The van der Waals surface area contributed by atoms with Crippen molar-refractivity contribution in [2.24, 2.45) is 0 Å². The monoisotopic (exact) mass is 341 g/mol. The van der Waals surface area contributed by atoms with Crippen LogP contribution in [0.15, 0.2) is 30.6 Å². The number of nitrogens with zero attached hydrogens (tertiary/aromatic N) is 4. The van der Waals surface area contributed by atoms with Crippen molar-refractivity contribution in [1.82, 2.24) is 24.6 Å². The first kappa shape index (κ1) is 16.3. The summed E-state index contributed by atoms with van der Waals surface area (Å²) in [5.74, 6) is 0.743. The van der Waals surface area contributed by atoms with Crippen LogP contribution in [0.3, 0.4) is 0 Å². The van der Waals surface area contributed by atoms with Gasteiger partial charge in [-0.05, 0) is 56.5 Å². The van der Waals surface area contributed by atoms with Crippen LogP contribution in [0.5, 0.6) is 0 Å². The van der Waals surface area contributed by atoms with Crippen LogP contribution < -0.4 is 0 Å². The fourth-order valence-corrected chi connectivity index (χ4v) is 3.75. The number of H-pyrrole nitrogens is 1. The molecule has 6 heteroatoms. The molecule has 5 nitrogen and oxygen atoms in total. The molecule has 0 radical (unpaired) electrons. The van der Waals surface area contributed by atoms with Crippen molar-refractivity contribution in [1.29, 1.82) is 0 Å². The van der Waals surface area contributed by atoms with Crippen LogP contribution >= 0.6 is 0 Å². The summed E-state index contributed by atoms with van der Waals surface area (Å²) in [5, 5.41) is 4.36. The minimum atomic E-state index is -0.224. The number of aryl methyl sites for hydroxylation is 2. The fraction of sp³-hybridized carbons (Fsp3) is 0.474. The fourth-order valence-electron chi connectivity index (χ4n) is 3.75. The zero-order chi connectivity index (χ0) is 17.2. The summed E-state index contributed by atoms with van der Waals surface area (Å²) < 4.78 is 15.4. The van der Waals surface area contributed by atoms with Crippen LogP contribution in [0, 0.1) is 12.7 Å². The van der Waals surface area contributed by atoms with Gasteiger partial charge in [-0.3, -0.25) is 9.58 Å². The molecule has 1 aliphatic heterocycles. The maximum absolute atomic E-state index is 13.4. The Kier molecular flexibility index (Phi) is 4.53. The van der Waals surface area contributed by atoms with Crippen LogP contribution in [-0.2, 0) is 6.54 Å². The quantitative estimate of drug-likeness (QED) is 0.767. The normalized spacial score (nSPS) is 18.9. The SMILES string of the molecule is Cc1cnn(CCCN2CCCC[C@H]2c2nc3ccc(F)cc3[nH]2)c1. The average molecular weight is 341 g/mol. The first-order chi connectivity index (χ1) is 12.2. The lowest BCUT2D eigenvalue weighted by Crippen LogP contribution is -2.35. The molecule has 1 aliphatic rings. The maximum Gasteiger partial charge on any atom is 0.125 e. The molecular weight excluding hydrogens is 317 g/mol. The summed E-state index contributed by atoms with van der Waals surface area (Å²) in [4.78, 5) is 10.6. The Morgan fingerprint density at radius 2 is 2.20 bits per heavy atom. The predicted molar refractivity (Wildman–Crippen MR) is 95.8 cm³/mol. The van der Waals surface area contributed by atoms with Crippen LogP contribution in [-0.4, -0.2) is 37.7 Å². The van der Waals surface area contributed by atoms with Gasteiger partial charge >= 0.3 is 0 Å². The first-order valence-corrected chi connectivity index (χ1v) is 9.07. The summed E-state index contributed by atoms with van der Waals surface area (Å²) in [6, 6.07) is 5.04. The van der Waals surface area contributed by atoms with Crippen molar-refractivity contribution in [3.63, 3.8) is 0 Å². The number of halogens is 1. The van der Waals surface area contributed by atoms with E-state index in [1.54, 1.807) is 6.07 Å². The van der Waals surface area contributed by atoms with Crippen LogP contribution in [0.2, 0.25) is 0 Å². The number of piperidine rings is 1. The lowest BCUT2D eigenvalue weighted by atomic mass is 10.0. The highest BCUT2D eigenvalue weighted by Crippen LogP contribution is 2.30. The van der Waals surface area contributed by atoms with E-state index in [9.17, 15) is 4.39 Å². The maximum atomic E-state index is 13.4. The average Bonchev–Trinajstić information content (AvgIpc) is 3.21. The molecule has 1 atom stereocenters. The van der Waals surface area contributed by atoms with E-state index >= 15 is 0 Å². The Morgan fingerprint density at radius 3 is 3.04 bits per heavy atom. The minimum absolute atomic E-state index is 0.224. The van der Waals surface area contributed by atoms with Crippen LogP contribution in [0.4, 0.5) is 4.39 Å². The topological polar surface area (TPSA) is 49.7 Å². The second-order valence-electron chi connectivity index (χ2n) is 6.97. The molecule has 0 unspecified atom stereocenters. The molecule has 1 saturated heterocycles. The molecule has 0 amide bonds. The van der Waals surface area contributed by atoms with Gasteiger partial charge in [-0.25, -0.2) is 9.37 Å². The number of hydrogen-bond donors (Lipinski definition) is 1. The van der Waals surface area contributed by atoms with Crippen LogP contribution in [0.1, 0.15) is 43.1 Å².